The number of urea groups is 1. The average molecular weight is 296 g/mol. The zero-order valence-electron chi connectivity index (χ0n) is 12.8. The molecule has 0 saturated carbocycles. The molecule has 2 aromatic carbocycles. The summed E-state index contributed by atoms with van der Waals surface area (Å²) in [5.74, 6) is -0.0244. The zero-order chi connectivity index (χ0) is 15.9. The fourth-order valence-electron chi connectivity index (χ4n) is 2.19. The Morgan fingerprint density at radius 3 is 2.55 bits per heavy atom. The second kappa shape index (κ2) is 7.41. The number of benzene rings is 2. The predicted octanol–water partition coefficient (Wildman–Crippen LogP) is 3.56. The van der Waals surface area contributed by atoms with Crippen LogP contribution in [0.4, 0.5) is 10.5 Å². The van der Waals surface area contributed by atoms with E-state index in [1.54, 1.807) is 24.3 Å². The van der Waals surface area contributed by atoms with Gasteiger partial charge in [0.25, 0.3) is 0 Å². The number of carbonyl (C=O) groups excluding carboxylic acids is 2. The van der Waals surface area contributed by atoms with E-state index in [0.717, 1.165) is 6.42 Å². The Morgan fingerprint density at radius 1 is 1.05 bits per heavy atom. The van der Waals surface area contributed by atoms with Gasteiger partial charge in [-0.15, -0.1) is 0 Å². The van der Waals surface area contributed by atoms with Crippen molar-refractivity contribution in [1.82, 2.24) is 5.32 Å². The molecular formula is C18H20N2O2. The van der Waals surface area contributed by atoms with Gasteiger partial charge in [-0.2, -0.15) is 0 Å². The highest BCUT2D eigenvalue weighted by atomic mass is 16.2. The quantitative estimate of drug-likeness (QED) is 0.829. The van der Waals surface area contributed by atoms with E-state index in [2.05, 4.69) is 29.7 Å². The molecule has 0 aliphatic heterocycles. The van der Waals surface area contributed by atoms with E-state index in [1.165, 1.54) is 18.1 Å². The first-order valence-corrected chi connectivity index (χ1v) is 7.26. The number of ketones is 1. The Morgan fingerprint density at radius 2 is 1.82 bits per heavy atom. The molecule has 2 aromatic rings. The van der Waals surface area contributed by atoms with Gasteiger partial charge < -0.3 is 10.6 Å². The molecule has 0 aromatic heterocycles. The topological polar surface area (TPSA) is 58.2 Å². The van der Waals surface area contributed by atoms with Gasteiger partial charge in [-0.05, 0) is 43.5 Å². The highest BCUT2D eigenvalue weighted by Gasteiger charge is 2.04. The lowest BCUT2D eigenvalue weighted by Crippen LogP contribution is -2.30. The minimum absolute atomic E-state index is 0.0244. The maximum Gasteiger partial charge on any atom is 0.319 e. The summed E-state index contributed by atoms with van der Waals surface area (Å²) in [7, 11) is 0. The van der Waals surface area contributed by atoms with Crippen LogP contribution >= 0.6 is 0 Å². The molecule has 0 saturated heterocycles. The number of nitrogens with one attached hydrogen (secondary N) is 2. The first-order chi connectivity index (χ1) is 10.6. The molecular weight excluding hydrogens is 276 g/mol. The molecule has 0 aliphatic carbocycles. The average Bonchev–Trinajstić information content (AvgIpc) is 2.49. The van der Waals surface area contributed by atoms with Crippen LogP contribution in [0, 0.1) is 6.92 Å². The van der Waals surface area contributed by atoms with Crippen molar-refractivity contribution in [2.24, 2.45) is 0 Å². The molecule has 0 bridgehead atoms. The maximum atomic E-state index is 11.9. The summed E-state index contributed by atoms with van der Waals surface area (Å²) in [6.45, 7) is 4.12. The van der Waals surface area contributed by atoms with E-state index in [4.69, 9.17) is 0 Å². The number of amides is 2. The maximum absolute atomic E-state index is 11.9. The lowest BCUT2D eigenvalue weighted by molar-refractivity contribution is 0.101. The van der Waals surface area contributed by atoms with Crippen molar-refractivity contribution in [2.45, 2.75) is 20.3 Å². The first-order valence-electron chi connectivity index (χ1n) is 7.26. The number of anilines is 1. The van der Waals surface area contributed by atoms with Gasteiger partial charge in [0, 0.05) is 17.8 Å². The molecule has 0 unspecified atom stereocenters. The van der Waals surface area contributed by atoms with Crippen molar-refractivity contribution < 1.29 is 9.59 Å². The molecule has 0 aliphatic rings. The van der Waals surface area contributed by atoms with Crippen LogP contribution in [0.15, 0.2) is 48.5 Å². The van der Waals surface area contributed by atoms with Gasteiger partial charge in [-0.3, -0.25) is 4.79 Å². The third-order valence-corrected chi connectivity index (χ3v) is 3.47. The number of rotatable bonds is 5. The van der Waals surface area contributed by atoms with Crippen molar-refractivity contribution in [2.75, 3.05) is 11.9 Å². The Balaban J connectivity index is 1.84. The Hall–Kier alpha value is -2.62. The van der Waals surface area contributed by atoms with Crippen LogP contribution in [-0.2, 0) is 6.42 Å². The molecule has 0 atom stereocenters. The summed E-state index contributed by atoms with van der Waals surface area (Å²) >= 11 is 0. The van der Waals surface area contributed by atoms with E-state index in [-0.39, 0.29) is 11.8 Å². The molecule has 2 N–H and O–H groups in total. The Bertz CT molecular complexity index is 680. The summed E-state index contributed by atoms with van der Waals surface area (Å²) in [5, 5.41) is 5.56. The first kappa shape index (κ1) is 15.8. The van der Waals surface area contributed by atoms with Gasteiger partial charge in [-0.1, -0.05) is 36.4 Å². The van der Waals surface area contributed by atoms with Crippen molar-refractivity contribution >= 4 is 17.5 Å². The van der Waals surface area contributed by atoms with E-state index >= 15 is 0 Å². The molecule has 2 rings (SSSR count). The van der Waals surface area contributed by atoms with Gasteiger partial charge in [0.1, 0.15) is 0 Å². The minimum atomic E-state index is -0.269. The van der Waals surface area contributed by atoms with Crippen LogP contribution in [0.25, 0.3) is 0 Å². The van der Waals surface area contributed by atoms with Crippen LogP contribution in [0.1, 0.15) is 28.4 Å². The van der Waals surface area contributed by atoms with Crippen LogP contribution < -0.4 is 10.6 Å². The molecule has 2 amide bonds. The molecule has 0 fully saturated rings. The predicted molar refractivity (Wildman–Crippen MR) is 88.4 cm³/mol. The van der Waals surface area contributed by atoms with Crippen molar-refractivity contribution in [1.29, 1.82) is 0 Å². The van der Waals surface area contributed by atoms with E-state index in [1.807, 2.05) is 12.1 Å². The number of hydrogen-bond acceptors (Lipinski definition) is 2. The van der Waals surface area contributed by atoms with Crippen LogP contribution in [0.2, 0.25) is 0 Å². The zero-order valence-corrected chi connectivity index (χ0v) is 12.8. The van der Waals surface area contributed by atoms with Crippen molar-refractivity contribution in [3.05, 3.63) is 65.2 Å². The Labute approximate surface area is 130 Å². The molecule has 114 valence electrons. The molecule has 0 spiro atoms. The molecule has 4 nitrogen and oxygen atoms in total. The van der Waals surface area contributed by atoms with Crippen LogP contribution in [0.5, 0.6) is 0 Å². The fourth-order valence-corrected chi connectivity index (χ4v) is 2.19. The standard InChI is InChI=1S/C18H20N2O2/c1-13-6-3-4-7-15(13)10-11-19-18(22)20-17-9-5-8-16(12-17)14(2)21/h3-9,12H,10-11H2,1-2H3,(H2,19,20,22). The third kappa shape index (κ3) is 4.45. The minimum Gasteiger partial charge on any atom is -0.338 e. The van der Waals surface area contributed by atoms with Crippen LogP contribution in [-0.4, -0.2) is 18.4 Å². The number of hydrogen-bond donors (Lipinski definition) is 2. The van der Waals surface area contributed by atoms with Crippen molar-refractivity contribution in [3.8, 4) is 0 Å². The summed E-state index contributed by atoms with van der Waals surface area (Å²) < 4.78 is 0. The molecule has 4 heteroatoms. The monoisotopic (exact) mass is 296 g/mol. The summed E-state index contributed by atoms with van der Waals surface area (Å²) in [6.07, 6.45) is 0.785. The highest BCUT2D eigenvalue weighted by molar-refractivity contribution is 5.96. The normalized spacial score (nSPS) is 10.1. The van der Waals surface area contributed by atoms with E-state index in [0.29, 0.717) is 17.8 Å². The molecule has 22 heavy (non-hydrogen) atoms. The van der Waals surface area contributed by atoms with E-state index < -0.39 is 0 Å². The lowest BCUT2D eigenvalue weighted by Gasteiger charge is -2.09. The van der Waals surface area contributed by atoms with Crippen molar-refractivity contribution in [3.63, 3.8) is 0 Å². The number of Topliss-reactive ketones (excluding diaryl/α,β-unsaturated/α-hetero) is 1. The lowest BCUT2D eigenvalue weighted by atomic mass is 10.1. The van der Waals surface area contributed by atoms with Crippen LogP contribution in [0.3, 0.4) is 0 Å². The largest absolute Gasteiger partial charge is 0.338 e. The van der Waals surface area contributed by atoms with Gasteiger partial charge in [0.2, 0.25) is 0 Å². The molecule has 0 radical (unpaired) electrons. The van der Waals surface area contributed by atoms with Gasteiger partial charge in [0.15, 0.2) is 5.78 Å². The highest BCUT2D eigenvalue weighted by Crippen LogP contribution is 2.11. The summed E-state index contributed by atoms with van der Waals surface area (Å²) in [5.41, 5.74) is 3.64. The third-order valence-electron chi connectivity index (χ3n) is 3.47. The fraction of sp³-hybridized carbons (Fsp3) is 0.222. The number of aryl methyl sites for hydroxylation is 1. The van der Waals surface area contributed by atoms with Gasteiger partial charge in [0.05, 0.1) is 0 Å². The second-order valence-corrected chi connectivity index (χ2v) is 5.19. The smallest absolute Gasteiger partial charge is 0.319 e. The molecule has 0 heterocycles. The van der Waals surface area contributed by atoms with E-state index in [9.17, 15) is 9.59 Å². The summed E-state index contributed by atoms with van der Waals surface area (Å²) in [6, 6.07) is 14.7. The SMILES string of the molecule is CC(=O)c1cccc(NC(=O)NCCc2ccccc2C)c1. The summed E-state index contributed by atoms with van der Waals surface area (Å²) in [4.78, 5) is 23.2. The second-order valence-electron chi connectivity index (χ2n) is 5.19. The van der Waals surface area contributed by atoms with Gasteiger partial charge >= 0.3 is 6.03 Å². The number of carbonyl (C=O) groups is 2. The Kier molecular flexibility index (Phi) is 5.31. The van der Waals surface area contributed by atoms with Gasteiger partial charge in [-0.25, -0.2) is 4.79 Å².